The van der Waals surface area contributed by atoms with Crippen LogP contribution in [0.5, 0.6) is 0 Å². The first-order valence-corrected chi connectivity index (χ1v) is 6.85. The molecule has 0 saturated carbocycles. The summed E-state index contributed by atoms with van der Waals surface area (Å²) in [4.78, 5) is 11.7. The van der Waals surface area contributed by atoms with Gasteiger partial charge < -0.3 is 5.32 Å². The van der Waals surface area contributed by atoms with Crippen molar-refractivity contribution in [2.75, 3.05) is 5.32 Å². The summed E-state index contributed by atoms with van der Waals surface area (Å²) in [5.41, 5.74) is 0.807. The van der Waals surface area contributed by atoms with Gasteiger partial charge in [-0.15, -0.1) is 10.2 Å². The largest absolute Gasteiger partial charge is 0.301 e. The standard InChI is InChI=1S/C13H14FN3OS/c1-2-12-16-17-13(19-12)15-11(18)7-6-9-4-3-5-10(14)8-9/h3-5,8H,2,6-7H2,1H3,(H,15,17,18). The molecule has 4 nitrogen and oxygen atoms in total. The highest BCUT2D eigenvalue weighted by Gasteiger charge is 2.07. The maximum Gasteiger partial charge on any atom is 0.226 e. The first-order valence-electron chi connectivity index (χ1n) is 6.04. The summed E-state index contributed by atoms with van der Waals surface area (Å²) in [5.74, 6) is -0.419. The van der Waals surface area contributed by atoms with Crippen LogP contribution in [0.4, 0.5) is 9.52 Å². The molecule has 2 rings (SSSR count). The maximum absolute atomic E-state index is 13.0. The summed E-state index contributed by atoms with van der Waals surface area (Å²) in [6.45, 7) is 1.98. The number of nitrogens with one attached hydrogen (secondary N) is 1. The number of carbonyl (C=O) groups excluding carboxylic acids is 1. The van der Waals surface area contributed by atoms with Crippen molar-refractivity contribution < 1.29 is 9.18 Å². The van der Waals surface area contributed by atoms with E-state index in [1.54, 1.807) is 12.1 Å². The zero-order chi connectivity index (χ0) is 13.7. The number of benzene rings is 1. The third kappa shape index (κ3) is 4.10. The lowest BCUT2D eigenvalue weighted by molar-refractivity contribution is -0.116. The van der Waals surface area contributed by atoms with E-state index in [2.05, 4.69) is 15.5 Å². The molecule has 0 saturated heterocycles. The van der Waals surface area contributed by atoms with Crippen LogP contribution in [0.3, 0.4) is 0 Å². The minimum Gasteiger partial charge on any atom is -0.301 e. The molecule has 0 aliphatic carbocycles. The molecular weight excluding hydrogens is 265 g/mol. The predicted molar refractivity (Wildman–Crippen MR) is 72.6 cm³/mol. The number of amides is 1. The van der Waals surface area contributed by atoms with E-state index in [1.165, 1.54) is 23.5 Å². The summed E-state index contributed by atoms with van der Waals surface area (Å²) in [7, 11) is 0. The molecule has 1 aromatic heterocycles. The van der Waals surface area contributed by atoms with E-state index >= 15 is 0 Å². The molecule has 0 spiro atoms. The van der Waals surface area contributed by atoms with Crippen molar-refractivity contribution in [3.8, 4) is 0 Å². The first-order chi connectivity index (χ1) is 9.17. The second-order valence-corrected chi connectivity index (χ2v) is 5.09. The normalized spacial score (nSPS) is 10.4. The molecule has 0 aliphatic rings. The predicted octanol–water partition coefficient (Wildman–Crippen LogP) is 2.81. The maximum atomic E-state index is 13.0. The van der Waals surface area contributed by atoms with E-state index < -0.39 is 0 Å². The van der Waals surface area contributed by atoms with Crippen LogP contribution >= 0.6 is 11.3 Å². The van der Waals surface area contributed by atoms with Gasteiger partial charge in [0.1, 0.15) is 10.8 Å². The quantitative estimate of drug-likeness (QED) is 0.915. The van der Waals surface area contributed by atoms with Gasteiger partial charge in [-0.05, 0) is 30.5 Å². The monoisotopic (exact) mass is 279 g/mol. The highest BCUT2D eigenvalue weighted by molar-refractivity contribution is 7.15. The summed E-state index contributed by atoms with van der Waals surface area (Å²) in [6.07, 6.45) is 1.60. The first kappa shape index (κ1) is 13.6. The summed E-state index contributed by atoms with van der Waals surface area (Å²) in [6, 6.07) is 6.27. The lowest BCUT2D eigenvalue weighted by atomic mass is 10.1. The molecule has 1 N–H and O–H groups in total. The Labute approximate surface area is 114 Å². The van der Waals surface area contributed by atoms with Crippen LogP contribution in [-0.2, 0) is 17.6 Å². The number of hydrogen-bond acceptors (Lipinski definition) is 4. The second kappa shape index (κ2) is 6.38. The van der Waals surface area contributed by atoms with Gasteiger partial charge >= 0.3 is 0 Å². The zero-order valence-electron chi connectivity index (χ0n) is 10.5. The lowest BCUT2D eigenvalue weighted by Gasteiger charge is -2.02. The van der Waals surface area contributed by atoms with E-state index in [-0.39, 0.29) is 11.7 Å². The van der Waals surface area contributed by atoms with Gasteiger partial charge in [0.25, 0.3) is 0 Å². The average Bonchev–Trinajstić information content (AvgIpc) is 2.84. The molecule has 0 atom stereocenters. The van der Waals surface area contributed by atoms with Crippen LogP contribution in [0.25, 0.3) is 0 Å². The number of aryl methyl sites for hydroxylation is 2. The Kier molecular flexibility index (Phi) is 4.57. The highest BCUT2D eigenvalue weighted by Crippen LogP contribution is 2.16. The zero-order valence-corrected chi connectivity index (χ0v) is 11.3. The molecule has 0 aliphatic heterocycles. The molecule has 100 valence electrons. The van der Waals surface area contributed by atoms with Gasteiger partial charge in [0.05, 0.1) is 0 Å². The molecule has 0 fully saturated rings. The number of nitrogens with zero attached hydrogens (tertiary/aromatic N) is 2. The van der Waals surface area contributed by atoms with Crippen LogP contribution in [0.1, 0.15) is 23.9 Å². The molecule has 1 aromatic carbocycles. The minimum atomic E-state index is -0.283. The van der Waals surface area contributed by atoms with Crippen LogP contribution < -0.4 is 5.32 Å². The number of rotatable bonds is 5. The smallest absolute Gasteiger partial charge is 0.226 e. The van der Waals surface area contributed by atoms with E-state index in [0.717, 1.165) is 17.0 Å². The Bertz CT molecular complexity index is 571. The fourth-order valence-electron chi connectivity index (χ4n) is 1.58. The van der Waals surface area contributed by atoms with Crippen LogP contribution in [-0.4, -0.2) is 16.1 Å². The molecular formula is C13H14FN3OS. The Balaban J connectivity index is 1.84. The Morgan fingerprint density at radius 2 is 2.26 bits per heavy atom. The van der Waals surface area contributed by atoms with E-state index in [9.17, 15) is 9.18 Å². The van der Waals surface area contributed by atoms with Crippen molar-refractivity contribution in [1.29, 1.82) is 0 Å². The number of halogens is 1. The lowest BCUT2D eigenvalue weighted by Crippen LogP contribution is -2.12. The van der Waals surface area contributed by atoms with Crippen molar-refractivity contribution in [2.24, 2.45) is 0 Å². The SMILES string of the molecule is CCc1nnc(NC(=O)CCc2cccc(F)c2)s1. The second-order valence-electron chi connectivity index (χ2n) is 4.03. The van der Waals surface area contributed by atoms with Crippen molar-refractivity contribution in [2.45, 2.75) is 26.2 Å². The van der Waals surface area contributed by atoms with Gasteiger partial charge in [0, 0.05) is 6.42 Å². The van der Waals surface area contributed by atoms with Gasteiger partial charge in [0.2, 0.25) is 11.0 Å². The van der Waals surface area contributed by atoms with Crippen molar-refractivity contribution in [3.05, 3.63) is 40.7 Å². The van der Waals surface area contributed by atoms with E-state index in [0.29, 0.717) is 18.0 Å². The van der Waals surface area contributed by atoms with Crippen molar-refractivity contribution in [3.63, 3.8) is 0 Å². The van der Waals surface area contributed by atoms with Crippen molar-refractivity contribution in [1.82, 2.24) is 10.2 Å². The van der Waals surface area contributed by atoms with Gasteiger partial charge in [-0.2, -0.15) is 0 Å². The van der Waals surface area contributed by atoms with Crippen molar-refractivity contribution >= 4 is 22.4 Å². The topological polar surface area (TPSA) is 54.9 Å². The average molecular weight is 279 g/mol. The van der Waals surface area contributed by atoms with Gasteiger partial charge in [-0.1, -0.05) is 30.4 Å². The van der Waals surface area contributed by atoms with Gasteiger partial charge in [0.15, 0.2) is 0 Å². The number of anilines is 1. The van der Waals surface area contributed by atoms with E-state index in [1.807, 2.05) is 6.92 Å². The highest BCUT2D eigenvalue weighted by atomic mass is 32.1. The minimum absolute atomic E-state index is 0.136. The molecule has 0 bridgehead atoms. The Morgan fingerprint density at radius 1 is 1.42 bits per heavy atom. The molecule has 6 heteroatoms. The third-order valence-electron chi connectivity index (χ3n) is 2.55. The van der Waals surface area contributed by atoms with Crippen LogP contribution in [0.15, 0.2) is 24.3 Å². The molecule has 0 radical (unpaired) electrons. The fraction of sp³-hybridized carbons (Fsp3) is 0.308. The summed E-state index contributed by atoms with van der Waals surface area (Å²) in [5, 5.41) is 11.9. The van der Waals surface area contributed by atoms with Crippen LogP contribution in [0, 0.1) is 5.82 Å². The van der Waals surface area contributed by atoms with E-state index in [4.69, 9.17) is 0 Å². The third-order valence-corrected chi connectivity index (χ3v) is 3.53. The molecule has 19 heavy (non-hydrogen) atoms. The number of carbonyl (C=O) groups is 1. The molecule has 0 unspecified atom stereocenters. The molecule has 1 heterocycles. The number of hydrogen-bond donors (Lipinski definition) is 1. The molecule has 1 amide bonds. The fourth-order valence-corrected chi connectivity index (χ4v) is 2.27. The van der Waals surface area contributed by atoms with Gasteiger partial charge in [-0.25, -0.2) is 4.39 Å². The number of aromatic nitrogens is 2. The summed E-state index contributed by atoms with van der Waals surface area (Å²) < 4.78 is 13.0. The van der Waals surface area contributed by atoms with Gasteiger partial charge in [-0.3, -0.25) is 4.79 Å². The Hall–Kier alpha value is -1.82. The summed E-state index contributed by atoms with van der Waals surface area (Å²) >= 11 is 1.37. The molecule has 2 aromatic rings. The Morgan fingerprint density at radius 3 is 2.95 bits per heavy atom. The van der Waals surface area contributed by atoms with Crippen LogP contribution in [0.2, 0.25) is 0 Å².